The molecular formula is C10H14N4O. The van der Waals surface area contributed by atoms with Gasteiger partial charge in [-0.15, -0.1) is 0 Å². The van der Waals surface area contributed by atoms with Crippen molar-refractivity contribution in [2.45, 2.75) is 25.3 Å². The molecule has 0 unspecified atom stereocenters. The van der Waals surface area contributed by atoms with Gasteiger partial charge in [0.2, 0.25) is 5.91 Å². The second-order valence-corrected chi connectivity index (χ2v) is 3.62. The van der Waals surface area contributed by atoms with Crippen LogP contribution in [0, 0.1) is 0 Å². The molecule has 1 aromatic rings. The first kappa shape index (κ1) is 10.0. The maximum Gasteiger partial charge on any atom is 0.241 e. The molecule has 80 valence electrons. The van der Waals surface area contributed by atoms with Crippen molar-refractivity contribution in [1.82, 2.24) is 15.3 Å². The molecule has 0 aromatic carbocycles. The molecule has 1 fully saturated rings. The number of hydrogen-bond acceptors (Lipinski definition) is 4. The Balaban J connectivity index is 1.91. The third-order valence-corrected chi connectivity index (χ3v) is 2.45. The Labute approximate surface area is 88.3 Å². The van der Waals surface area contributed by atoms with E-state index in [0.717, 1.165) is 25.8 Å². The monoisotopic (exact) mass is 206 g/mol. The van der Waals surface area contributed by atoms with Crippen LogP contribution in [0.2, 0.25) is 0 Å². The van der Waals surface area contributed by atoms with Crippen molar-refractivity contribution in [3.8, 4) is 0 Å². The maximum atomic E-state index is 11.7. The first-order valence-corrected chi connectivity index (χ1v) is 5.15. The van der Waals surface area contributed by atoms with E-state index >= 15 is 0 Å². The molecule has 0 saturated carbocycles. The number of amides is 1. The molecule has 0 bridgehead atoms. The highest BCUT2D eigenvalue weighted by atomic mass is 16.2. The highest BCUT2D eigenvalue weighted by Gasteiger charge is 2.20. The molecule has 0 spiro atoms. The number of anilines is 1. The zero-order valence-corrected chi connectivity index (χ0v) is 8.44. The van der Waals surface area contributed by atoms with Crippen LogP contribution < -0.4 is 10.6 Å². The Bertz CT molecular complexity index is 321. The van der Waals surface area contributed by atoms with Gasteiger partial charge in [-0.2, -0.15) is 0 Å². The van der Waals surface area contributed by atoms with Crippen LogP contribution in [0.1, 0.15) is 19.3 Å². The van der Waals surface area contributed by atoms with E-state index in [1.807, 2.05) is 0 Å². The summed E-state index contributed by atoms with van der Waals surface area (Å²) in [5.74, 6) is 0.00417. The van der Waals surface area contributed by atoms with Crippen molar-refractivity contribution >= 4 is 11.6 Å². The lowest BCUT2D eigenvalue weighted by atomic mass is 10.0. The van der Waals surface area contributed by atoms with E-state index < -0.39 is 0 Å². The second kappa shape index (κ2) is 4.84. The van der Waals surface area contributed by atoms with Gasteiger partial charge >= 0.3 is 0 Å². The van der Waals surface area contributed by atoms with Crippen LogP contribution in [0.4, 0.5) is 5.69 Å². The molecule has 2 N–H and O–H groups in total. The summed E-state index contributed by atoms with van der Waals surface area (Å²) >= 11 is 0. The van der Waals surface area contributed by atoms with E-state index in [1.165, 1.54) is 6.33 Å². The van der Waals surface area contributed by atoms with Crippen LogP contribution in [0.5, 0.6) is 0 Å². The van der Waals surface area contributed by atoms with Gasteiger partial charge in [-0.1, -0.05) is 6.42 Å². The summed E-state index contributed by atoms with van der Waals surface area (Å²) in [6.45, 7) is 0.920. The summed E-state index contributed by atoms with van der Waals surface area (Å²) in [5.41, 5.74) is 0.648. The van der Waals surface area contributed by atoms with E-state index in [9.17, 15) is 4.79 Å². The molecule has 1 saturated heterocycles. The lowest BCUT2D eigenvalue weighted by Gasteiger charge is -2.22. The molecule has 2 rings (SSSR count). The summed E-state index contributed by atoms with van der Waals surface area (Å²) < 4.78 is 0. The Kier molecular flexibility index (Phi) is 3.24. The van der Waals surface area contributed by atoms with Gasteiger partial charge < -0.3 is 10.6 Å². The van der Waals surface area contributed by atoms with Gasteiger partial charge in [-0.3, -0.25) is 4.79 Å². The van der Waals surface area contributed by atoms with Crippen LogP contribution in [-0.2, 0) is 4.79 Å². The van der Waals surface area contributed by atoms with Gasteiger partial charge in [0.05, 0.1) is 24.1 Å². The van der Waals surface area contributed by atoms with E-state index in [4.69, 9.17) is 0 Å². The Morgan fingerprint density at radius 1 is 1.40 bits per heavy atom. The molecule has 1 aromatic heterocycles. The average molecular weight is 206 g/mol. The number of rotatable bonds is 2. The highest BCUT2D eigenvalue weighted by molar-refractivity contribution is 5.94. The first-order chi connectivity index (χ1) is 7.36. The molecule has 5 heteroatoms. The van der Waals surface area contributed by atoms with Crippen LogP contribution in [0.15, 0.2) is 18.7 Å². The van der Waals surface area contributed by atoms with E-state index in [0.29, 0.717) is 5.69 Å². The van der Waals surface area contributed by atoms with E-state index in [1.54, 1.807) is 12.4 Å². The topological polar surface area (TPSA) is 66.9 Å². The Morgan fingerprint density at radius 3 is 2.87 bits per heavy atom. The summed E-state index contributed by atoms with van der Waals surface area (Å²) in [4.78, 5) is 19.4. The number of nitrogens with one attached hydrogen (secondary N) is 2. The van der Waals surface area contributed by atoms with E-state index in [2.05, 4.69) is 20.6 Å². The molecule has 0 aliphatic carbocycles. The maximum absolute atomic E-state index is 11.7. The fourth-order valence-electron chi connectivity index (χ4n) is 1.67. The van der Waals surface area contributed by atoms with Crippen molar-refractivity contribution in [3.05, 3.63) is 18.7 Å². The van der Waals surface area contributed by atoms with Crippen molar-refractivity contribution in [2.75, 3.05) is 11.9 Å². The number of carbonyl (C=O) groups excluding carboxylic acids is 1. The molecule has 2 heterocycles. The molecule has 1 atom stereocenters. The summed E-state index contributed by atoms with van der Waals surface area (Å²) in [6.07, 6.45) is 7.78. The smallest absolute Gasteiger partial charge is 0.241 e. The lowest BCUT2D eigenvalue weighted by Crippen LogP contribution is -2.43. The number of hydrogen-bond donors (Lipinski definition) is 2. The predicted octanol–water partition coefficient (Wildman–Crippen LogP) is 0.557. The van der Waals surface area contributed by atoms with Crippen LogP contribution in [0.25, 0.3) is 0 Å². The minimum Gasteiger partial charge on any atom is -0.322 e. The Morgan fingerprint density at radius 2 is 2.20 bits per heavy atom. The van der Waals surface area contributed by atoms with Gasteiger partial charge in [0.15, 0.2) is 0 Å². The fraction of sp³-hybridized carbons (Fsp3) is 0.500. The van der Waals surface area contributed by atoms with Gasteiger partial charge in [0.25, 0.3) is 0 Å². The van der Waals surface area contributed by atoms with Crippen LogP contribution in [0.3, 0.4) is 0 Å². The fourth-order valence-corrected chi connectivity index (χ4v) is 1.67. The van der Waals surface area contributed by atoms with Crippen LogP contribution >= 0.6 is 0 Å². The summed E-state index contributed by atoms with van der Waals surface area (Å²) in [7, 11) is 0. The zero-order chi connectivity index (χ0) is 10.5. The summed E-state index contributed by atoms with van der Waals surface area (Å²) in [5, 5.41) is 5.97. The normalized spacial score (nSPS) is 20.9. The molecule has 5 nitrogen and oxygen atoms in total. The van der Waals surface area contributed by atoms with Gasteiger partial charge in [-0.05, 0) is 19.4 Å². The van der Waals surface area contributed by atoms with Crippen molar-refractivity contribution in [2.24, 2.45) is 0 Å². The van der Waals surface area contributed by atoms with Gasteiger partial charge in [0, 0.05) is 0 Å². The minimum atomic E-state index is -0.0704. The molecule has 0 radical (unpaired) electrons. The molecule has 1 aliphatic heterocycles. The zero-order valence-electron chi connectivity index (χ0n) is 8.44. The average Bonchev–Trinajstić information content (AvgIpc) is 2.31. The quantitative estimate of drug-likeness (QED) is 0.742. The standard InChI is InChI=1S/C10H14N4O/c15-10(9-3-1-2-4-13-9)14-8-5-11-7-12-6-8/h5-7,9,13H,1-4H2,(H,14,15)/t9-/m0/s1. The largest absolute Gasteiger partial charge is 0.322 e. The van der Waals surface area contributed by atoms with Crippen molar-refractivity contribution in [1.29, 1.82) is 0 Å². The van der Waals surface area contributed by atoms with Crippen LogP contribution in [-0.4, -0.2) is 28.5 Å². The summed E-state index contributed by atoms with van der Waals surface area (Å²) in [6, 6.07) is -0.0704. The van der Waals surface area contributed by atoms with Crippen molar-refractivity contribution < 1.29 is 4.79 Å². The molecule has 1 amide bonds. The number of aromatic nitrogens is 2. The number of nitrogens with zero attached hydrogens (tertiary/aromatic N) is 2. The second-order valence-electron chi connectivity index (χ2n) is 3.62. The first-order valence-electron chi connectivity index (χ1n) is 5.15. The van der Waals surface area contributed by atoms with E-state index in [-0.39, 0.29) is 11.9 Å². The number of carbonyl (C=O) groups is 1. The molecule has 15 heavy (non-hydrogen) atoms. The third kappa shape index (κ3) is 2.73. The minimum absolute atomic E-state index is 0.00417. The van der Waals surface area contributed by atoms with Crippen molar-refractivity contribution in [3.63, 3.8) is 0 Å². The van der Waals surface area contributed by atoms with Gasteiger partial charge in [0.1, 0.15) is 6.33 Å². The molecule has 1 aliphatic rings. The Hall–Kier alpha value is -1.49. The number of piperidine rings is 1. The third-order valence-electron chi connectivity index (χ3n) is 2.45. The highest BCUT2D eigenvalue weighted by Crippen LogP contribution is 2.09. The predicted molar refractivity (Wildman–Crippen MR) is 56.3 cm³/mol. The lowest BCUT2D eigenvalue weighted by molar-refractivity contribution is -0.118. The SMILES string of the molecule is O=C(Nc1cncnc1)[C@@H]1CCCCN1. The van der Waals surface area contributed by atoms with Gasteiger partial charge in [-0.25, -0.2) is 9.97 Å². The molecular weight excluding hydrogens is 192 g/mol.